The predicted octanol–water partition coefficient (Wildman–Crippen LogP) is 2.02. The van der Waals surface area contributed by atoms with Crippen molar-refractivity contribution in [2.24, 2.45) is 0 Å². The van der Waals surface area contributed by atoms with Gasteiger partial charge in [-0.1, -0.05) is 0 Å². The molecule has 0 aromatic carbocycles. The van der Waals surface area contributed by atoms with Gasteiger partial charge in [0.15, 0.2) is 6.29 Å². The number of carbonyl (C=O) groups is 1. The first-order valence-electron chi connectivity index (χ1n) is 3.25. The summed E-state index contributed by atoms with van der Waals surface area (Å²) in [6, 6.07) is 0. The number of nitrogen functional groups attached to an aromatic ring is 1. The number of carbonyl (C=O) groups excluding carboxylic acids is 1. The van der Waals surface area contributed by atoms with E-state index in [4.69, 9.17) is 5.73 Å². The fourth-order valence-electron chi connectivity index (χ4n) is 0.786. The minimum Gasteiger partial charge on any atom is -0.397 e. The molecule has 0 saturated carbocycles. The van der Waals surface area contributed by atoms with Crippen molar-refractivity contribution in [1.82, 2.24) is 4.98 Å². The molecule has 0 aliphatic rings. The highest BCUT2D eigenvalue weighted by atomic mass is 127. The van der Waals surface area contributed by atoms with Crippen LogP contribution in [0.3, 0.4) is 0 Å². The molecular weight excluding hydrogens is 293 g/mol. The Balaban J connectivity index is 3.31. The Bertz CT molecular complexity index is 344. The Morgan fingerprint density at radius 1 is 1.62 bits per heavy atom. The first-order valence-corrected chi connectivity index (χ1v) is 4.33. The lowest BCUT2D eigenvalue weighted by Crippen LogP contribution is -2.03. The van der Waals surface area contributed by atoms with E-state index in [9.17, 15) is 13.6 Å². The van der Waals surface area contributed by atoms with E-state index in [1.807, 2.05) is 0 Å². The number of aromatic nitrogens is 1. The minimum atomic E-state index is -2.67. The van der Waals surface area contributed by atoms with Crippen LogP contribution in [-0.4, -0.2) is 11.3 Å². The zero-order valence-corrected chi connectivity index (χ0v) is 8.46. The molecular formula is C7H5F2IN2O. The molecule has 0 aliphatic carbocycles. The van der Waals surface area contributed by atoms with Gasteiger partial charge in [0.1, 0.15) is 5.69 Å². The van der Waals surface area contributed by atoms with Crippen LogP contribution in [0.15, 0.2) is 6.20 Å². The van der Waals surface area contributed by atoms with Crippen LogP contribution >= 0.6 is 22.6 Å². The van der Waals surface area contributed by atoms with Crippen LogP contribution in [0, 0.1) is 3.57 Å². The number of hydrogen-bond donors (Lipinski definition) is 1. The van der Waals surface area contributed by atoms with E-state index in [-0.39, 0.29) is 20.5 Å². The molecule has 13 heavy (non-hydrogen) atoms. The first-order chi connectivity index (χ1) is 6.07. The van der Waals surface area contributed by atoms with Crippen molar-refractivity contribution in [3.05, 3.63) is 21.0 Å². The molecule has 2 N–H and O–H groups in total. The summed E-state index contributed by atoms with van der Waals surface area (Å²) in [7, 11) is 0. The van der Waals surface area contributed by atoms with E-state index in [2.05, 4.69) is 4.98 Å². The summed E-state index contributed by atoms with van der Waals surface area (Å²) in [6.07, 6.45) is -1.26. The molecule has 0 radical (unpaired) electrons. The van der Waals surface area contributed by atoms with Gasteiger partial charge in [-0.2, -0.15) is 0 Å². The summed E-state index contributed by atoms with van der Waals surface area (Å²) in [5.41, 5.74) is 5.04. The Labute approximate surface area is 86.5 Å². The fourth-order valence-corrected chi connectivity index (χ4v) is 1.36. The lowest BCUT2D eigenvalue weighted by Gasteiger charge is -2.06. The molecule has 0 bridgehead atoms. The highest BCUT2D eigenvalue weighted by molar-refractivity contribution is 14.1. The van der Waals surface area contributed by atoms with Crippen LogP contribution in [0.5, 0.6) is 0 Å². The van der Waals surface area contributed by atoms with E-state index in [1.54, 1.807) is 22.6 Å². The van der Waals surface area contributed by atoms with Gasteiger partial charge in [0.25, 0.3) is 6.43 Å². The SMILES string of the molecule is Nc1c(C(F)F)cnc(C=O)c1I. The number of nitrogens with two attached hydrogens (primary N) is 1. The summed E-state index contributed by atoms with van der Waals surface area (Å²) in [5.74, 6) is 0. The third-order valence-corrected chi connectivity index (χ3v) is 2.60. The number of halogens is 3. The van der Waals surface area contributed by atoms with E-state index in [0.717, 1.165) is 6.20 Å². The third-order valence-electron chi connectivity index (χ3n) is 1.46. The molecule has 0 fully saturated rings. The number of nitrogens with zero attached hydrogens (tertiary/aromatic N) is 1. The lowest BCUT2D eigenvalue weighted by atomic mass is 10.2. The van der Waals surface area contributed by atoms with Gasteiger partial charge in [-0.3, -0.25) is 9.78 Å². The molecule has 1 aromatic heterocycles. The number of aldehydes is 1. The van der Waals surface area contributed by atoms with Gasteiger partial charge in [0, 0.05) is 6.20 Å². The van der Waals surface area contributed by atoms with Gasteiger partial charge in [-0.15, -0.1) is 0 Å². The van der Waals surface area contributed by atoms with Crippen molar-refractivity contribution >= 4 is 34.6 Å². The summed E-state index contributed by atoms with van der Waals surface area (Å²) in [6.45, 7) is 0. The normalized spacial score (nSPS) is 10.5. The van der Waals surface area contributed by atoms with E-state index in [1.165, 1.54) is 0 Å². The van der Waals surface area contributed by atoms with Crippen molar-refractivity contribution in [2.45, 2.75) is 6.43 Å². The molecule has 0 saturated heterocycles. The number of alkyl halides is 2. The van der Waals surface area contributed by atoms with Crippen LogP contribution < -0.4 is 5.73 Å². The third kappa shape index (κ3) is 1.93. The first kappa shape index (κ1) is 10.3. The topological polar surface area (TPSA) is 56.0 Å². The van der Waals surface area contributed by atoms with Crippen molar-refractivity contribution in [1.29, 1.82) is 0 Å². The van der Waals surface area contributed by atoms with Crippen molar-refractivity contribution in [3.63, 3.8) is 0 Å². The van der Waals surface area contributed by atoms with Gasteiger partial charge in [0.05, 0.1) is 14.8 Å². The van der Waals surface area contributed by atoms with Gasteiger partial charge in [0.2, 0.25) is 0 Å². The Morgan fingerprint density at radius 2 is 2.23 bits per heavy atom. The predicted molar refractivity (Wildman–Crippen MR) is 51.7 cm³/mol. The second-order valence-corrected chi connectivity index (χ2v) is 3.32. The maximum Gasteiger partial charge on any atom is 0.267 e. The molecule has 3 nitrogen and oxygen atoms in total. The van der Waals surface area contributed by atoms with Crippen LogP contribution in [0.4, 0.5) is 14.5 Å². The van der Waals surface area contributed by atoms with Gasteiger partial charge in [-0.25, -0.2) is 8.78 Å². The van der Waals surface area contributed by atoms with Crippen molar-refractivity contribution < 1.29 is 13.6 Å². The summed E-state index contributed by atoms with van der Waals surface area (Å²) in [4.78, 5) is 13.9. The zero-order valence-electron chi connectivity index (χ0n) is 6.30. The Morgan fingerprint density at radius 3 is 2.69 bits per heavy atom. The molecule has 0 spiro atoms. The highest BCUT2D eigenvalue weighted by Gasteiger charge is 2.16. The number of hydrogen-bond acceptors (Lipinski definition) is 3. The maximum atomic E-state index is 12.2. The molecule has 70 valence electrons. The molecule has 0 atom stereocenters. The van der Waals surface area contributed by atoms with Crippen molar-refractivity contribution in [3.8, 4) is 0 Å². The summed E-state index contributed by atoms with van der Waals surface area (Å²) >= 11 is 1.71. The van der Waals surface area contributed by atoms with Crippen LogP contribution in [0.1, 0.15) is 22.5 Å². The Kier molecular flexibility index (Phi) is 3.12. The van der Waals surface area contributed by atoms with Crippen molar-refractivity contribution in [2.75, 3.05) is 5.73 Å². The molecule has 1 aromatic rings. The quantitative estimate of drug-likeness (QED) is 0.671. The zero-order chi connectivity index (χ0) is 10.0. The second kappa shape index (κ2) is 3.95. The minimum absolute atomic E-state index is 0.0762. The van der Waals surface area contributed by atoms with Gasteiger partial charge >= 0.3 is 0 Å². The maximum absolute atomic E-state index is 12.2. The smallest absolute Gasteiger partial charge is 0.267 e. The number of pyridine rings is 1. The number of anilines is 1. The summed E-state index contributed by atoms with van der Waals surface area (Å²) in [5, 5.41) is 0. The largest absolute Gasteiger partial charge is 0.397 e. The van der Waals surface area contributed by atoms with E-state index >= 15 is 0 Å². The molecule has 0 unspecified atom stereocenters. The average Bonchev–Trinajstić information content (AvgIpc) is 2.09. The molecule has 0 amide bonds. The van der Waals surface area contributed by atoms with E-state index in [0.29, 0.717) is 6.29 Å². The fraction of sp³-hybridized carbons (Fsp3) is 0.143. The number of rotatable bonds is 2. The van der Waals surface area contributed by atoms with E-state index < -0.39 is 6.43 Å². The van der Waals surface area contributed by atoms with Gasteiger partial charge < -0.3 is 5.73 Å². The monoisotopic (exact) mass is 298 g/mol. The Hall–Kier alpha value is -0.790. The standard InChI is InChI=1S/C7H5F2IN2O/c8-7(9)3-1-12-4(2-13)5(10)6(3)11/h1-2,7H,(H2,11,12). The molecule has 1 rings (SSSR count). The molecule has 1 heterocycles. The van der Waals surface area contributed by atoms with Crippen LogP contribution in [0.2, 0.25) is 0 Å². The van der Waals surface area contributed by atoms with Crippen LogP contribution in [0.25, 0.3) is 0 Å². The average molecular weight is 298 g/mol. The second-order valence-electron chi connectivity index (χ2n) is 2.24. The summed E-state index contributed by atoms with van der Waals surface area (Å²) < 4.78 is 24.7. The highest BCUT2D eigenvalue weighted by Crippen LogP contribution is 2.28. The van der Waals surface area contributed by atoms with Gasteiger partial charge in [-0.05, 0) is 22.6 Å². The molecule has 0 aliphatic heterocycles. The lowest BCUT2D eigenvalue weighted by molar-refractivity contribution is 0.111. The molecule has 6 heteroatoms. The van der Waals surface area contributed by atoms with Crippen LogP contribution in [-0.2, 0) is 0 Å².